The summed E-state index contributed by atoms with van der Waals surface area (Å²) in [6.45, 7) is 6.03. The van der Waals surface area contributed by atoms with Gasteiger partial charge >= 0.3 is 0 Å². The zero-order valence-electron chi connectivity index (χ0n) is 18.3. The van der Waals surface area contributed by atoms with E-state index in [1.807, 2.05) is 57.2 Å². The maximum absolute atomic E-state index is 12.6. The predicted octanol–water partition coefficient (Wildman–Crippen LogP) is 4.92. The fraction of sp³-hybridized carbons (Fsp3) is 0.200. The van der Waals surface area contributed by atoms with Crippen LogP contribution in [-0.2, 0) is 4.79 Å². The van der Waals surface area contributed by atoms with Crippen LogP contribution in [0.25, 0.3) is 16.8 Å². The molecular formula is C25H25N5OS. The highest BCUT2D eigenvalue weighted by Crippen LogP contribution is 2.24. The van der Waals surface area contributed by atoms with Gasteiger partial charge in [0.1, 0.15) is 0 Å². The van der Waals surface area contributed by atoms with Gasteiger partial charge in [-0.15, -0.1) is 5.10 Å². The molecule has 0 radical (unpaired) electrons. The van der Waals surface area contributed by atoms with Crippen molar-refractivity contribution in [1.29, 1.82) is 0 Å². The highest BCUT2D eigenvalue weighted by atomic mass is 32.2. The Morgan fingerprint density at radius 1 is 0.938 bits per heavy atom. The van der Waals surface area contributed by atoms with Crippen LogP contribution in [-0.4, -0.2) is 31.9 Å². The number of tetrazole rings is 1. The number of para-hydroxylation sites is 1. The Kier molecular flexibility index (Phi) is 6.66. The Balaban J connectivity index is 1.37. The van der Waals surface area contributed by atoms with E-state index in [0.717, 1.165) is 27.9 Å². The Bertz CT molecular complexity index is 1180. The molecule has 0 saturated heterocycles. The molecule has 6 nitrogen and oxygen atoms in total. The molecule has 1 N–H and O–H groups in total. The van der Waals surface area contributed by atoms with Crippen molar-refractivity contribution >= 4 is 17.7 Å². The average molecular weight is 444 g/mol. The summed E-state index contributed by atoms with van der Waals surface area (Å²) in [7, 11) is 0. The van der Waals surface area contributed by atoms with Crippen molar-refractivity contribution in [3.63, 3.8) is 0 Å². The quantitative estimate of drug-likeness (QED) is 0.411. The molecule has 7 heteroatoms. The zero-order valence-corrected chi connectivity index (χ0v) is 19.1. The summed E-state index contributed by atoms with van der Waals surface area (Å²) < 4.78 is 1.70. The van der Waals surface area contributed by atoms with E-state index >= 15 is 0 Å². The predicted molar refractivity (Wildman–Crippen MR) is 128 cm³/mol. The lowest BCUT2D eigenvalue weighted by atomic mass is 10.0. The molecule has 1 heterocycles. The highest BCUT2D eigenvalue weighted by Gasteiger charge is 2.16. The smallest absolute Gasteiger partial charge is 0.230 e. The largest absolute Gasteiger partial charge is 0.349 e. The van der Waals surface area contributed by atoms with Crippen molar-refractivity contribution < 1.29 is 4.79 Å². The lowest BCUT2D eigenvalue weighted by molar-refractivity contribution is -0.119. The van der Waals surface area contributed by atoms with E-state index in [4.69, 9.17) is 0 Å². The number of rotatable bonds is 7. The number of nitrogens with zero attached hydrogens (tertiary/aromatic N) is 4. The third-order valence-corrected chi connectivity index (χ3v) is 6.24. The number of benzene rings is 3. The van der Waals surface area contributed by atoms with E-state index in [0.29, 0.717) is 5.16 Å². The van der Waals surface area contributed by atoms with Crippen molar-refractivity contribution in [3.05, 3.63) is 89.5 Å². The first-order chi connectivity index (χ1) is 15.5. The number of nitrogens with one attached hydrogen (secondary N) is 1. The van der Waals surface area contributed by atoms with Crippen LogP contribution in [0.15, 0.2) is 78.0 Å². The Hall–Kier alpha value is -3.45. The highest BCUT2D eigenvalue weighted by molar-refractivity contribution is 7.99. The number of hydrogen-bond acceptors (Lipinski definition) is 5. The summed E-state index contributed by atoms with van der Waals surface area (Å²) in [6, 6.07) is 24.5. The minimum absolute atomic E-state index is 0.0642. The standard InChI is InChI=1S/C25H25N5OS/c1-17-8-7-9-18(2)24(17)30-25(27-28-29-30)32-16-23(31)26-19(3)20-12-14-22(15-13-20)21-10-5-4-6-11-21/h4-15,19H,16H2,1-3H3,(H,26,31). The first-order valence-electron chi connectivity index (χ1n) is 10.5. The molecule has 0 saturated carbocycles. The SMILES string of the molecule is Cc1cccc(C)c1-n1nnnc1SCC(=O)NC(C)c1ccc(-c2ccccc2)cc1. The number of hydrogen-bond donors (Lipinski definition) is 1. The van der Waals surface area contributed by atoms with Crippen LogP contribution in [0.4, 0.5) is 0 Å². The van der Waals surface area contributed by atoms with Gasteiger partial charge in [-0.25, -0.2) is 0 Å². The second-order valence-electron chi connectivity index (χ2n) is 7.68. The summed E-state index contributed by atoms with van der Waals surface area (Å²) in [5.41, 5.74) is 6.50. The van der Waals surface area contributed by atoms with Crippen molar-refractivity contribution in [2.24, 2.45) is 0 Å². The van der Waals surface area contributed by atoms with Gasteiger partial charge in [-0.05, 0) is 59.0 Å². The van der Waals surface area contributed by atoms with Gasteiger partial charge in [0.05, 0.1) is 17.5 Å². The van der Waals surface area contributed by atoms with Crippen LogP contribution >= 0.6 is 11.8 Å². The van der Waals surface area contributed by atoms with Crippen molar-refractivity contribution in [1.82, 2.24) is 25.5 Å². The fourth-order valence-corrected chi connectivity index (χ4v) is 4.33. The molecule has 1 unspecified atom stereocenters. The van der Waals surface area contributed by atoms with E-state index in [1.165, 1.54) is 17.3 Å². The molecule has 0 bridgehead atoms. The van der Waals surface area contributed by atoms with E-state index in [2.05, 4.69) is 57.2 Å². The first-order valence-corrected chi connectivity index (χ1v) is 11.4. The van der Waals surface area contributed by atoms with Crippen LogP contribution in [0, 0.1) is 13.8 Å². The fourth-order valence-electron chi connectivity index (χ4n) is 3.64. The minimum atomic E-state index is -0.0949. The summed E-state index contributed by atoms with van der Waals surface area (Å²) in [5.74, 6) is 0.170. The average Bonchev–Trinajstić information content (AvgIpc) is 3.26. The number of thioether (sulfide) groups is 1. The monoisotopic (exact) mass is 443 g/mol. The van der Waals surface area contributed by atoms with E-state index in [9.17, 15) is 4.79 Å². The van der Waals surface area contributed by atoms with Crippen molar-refractivity contribution in [3.8, 4) is 16.8 Å². The molecule has 32 heavy (non-hydrogen) atoms. The van der Waals surface area contributed by atoms with Gasteiger partial charge in [0.2, 0.25) is 11.1 Å². The molecule has 0 fully saturated rings. The normalized spacial score (nSPS) is 11.8. The van der Waals surface area contributed by atoms with Crippen molar-refractivity contribution in [2.75, 3.05) is 5.75 Å². The molecular weight excluding hydrogens is 418 g/mol. The minimum Gasteiger partial charge on any atom is -0.349 e. The molecule has 1 aromatic heterocycles. The Morgan fingerprint density at radius 2 is 1.59 bits per heavy atom. The third-order valence-electron chi connectivity index (χ3n) is 5.32. The van der Waals surface area contributed by atoms with Crippen LogP contribution in [0.2, 0.25) is 0 Å². The van der Waals surface area contributed by atoms with Crippen LogP contribution in [0.3, 0.4) is 0 Å². The maximum Gasteiger partial charge on any atom is 0.230 e. The van der Waals surface area contributed by atoms with Gasteiger partial charge in [0.15, 0.2) is 0 Å². The number of aromatic nitrogens is 4. The molecule has 0 aliphatic heterocycles. The molecule has 1 atom stereocenters. The molecule has 1 amide bonds. The maximum atomic E-state index is 12.6. The number of amides is 1. The van der Waals surface area contributed by atoms with Crippen LogP contribution < -0.4 is 5.32 Å². The molecule has 0 aliphatic carbocycles. The van der Waals surface area contributed by atoms with E-state index in [-0.39, 0.29) is 17.7 Å². The van der Waals surface area contributed by atoms with Gasteiger partial charge in [-0.3, -0.25) is 4.79 Å². The lowest BCUT2D eigenvalue weighted by Gasteiger charge is -2.15. The van der Waals surface area contributed by atoms with Gasteiger partial charge < -0.3 is 5.32 Å². The first kappa shape index (κ1) is 21.8. The topological polar surface area (TPSA) is 72.7 Å². The number of aryl methyl sites for hydroxylation is 2. The molecule has 4 rings (SSSR count). The molecule has 3 aromatic carbocycles. The molecule has 162 valence electrons. The van der Waals surface area contributed by atoms with Gasteiger partial charge in [-0.1, -0.05) is 84.6 Å². The van der Waals surface area contributed by atoms with Gasteiger partial charge in [0.25, 0.3) is 0 Å². The summed E-state index contributed by atoms with van der Waals surface area (Å²) >= 11 is 1.33. The van der Waals surface area contributed by atoms with Gasteiger partial charge in [0, 0.05) is 0 Å². The van der Waals surface area contributed by atoms with E-state index < -0.39 is 0 Å². The zero-order chi connectivity index (χ0) is 22.5. The molecule has 0 spiro atoms. The molecule has 4 aromatic rings. The summed E-state index contributed by atoms with van der Waals surface area (Å²) in [4.78, 5) is 12.6. The Morgan fingerprint density at radius 3 is 2.28 bits per heavy atom. The van der Waals surface area contributed by atoms with Crippen LogP contribution in [0.5, 0.6) is 0 Å². The third kappa shape index (κ3) is 4.89. The second-order valence-corrected chi connectivity index (χ2v) is 8.62. The van der Waals surface area contributed by atoms with E-state index in [1.54, 1.807) is 4.68 Å². The number of carbonyl (C=O) groups excluding carboxylic acids is 1. The molecule has 0 aliphatic rings. The second kappa shape index (κ2) is 9.78. The lowest BCUT2D eigenvalue weighted by Crippen LogP contribution is -2.28. The summed E-state index contributed by atoms with van der Waals surface area (Å²) in [5, 5.41) is 15.7. The summed E-state index contributed by atoms with van der Waals surface area (Å²) in [6.07, 6.45) is 0. The van der Waals surface area contributed by atoms with Crippen LogP contribution in [0.1, 0.15) is 29.7 Å². The van der Waals surface area contributed by atoms with Gasteiger partial charge in [-0.2, -0.15) is 4.68 Å². The Labute approximate surface area is 192 Å². The van der Waals surface area contributed by atoms with Crippen molar-refractivity contribution in [2.45, 2.75) is 32.0 Å². The number of carbonyl (C=O) groups is 1.